The lowest BCUT2D eigenvalue weighted by Crippen LogP contribution is -2.36. The number of rotatable bonds is 4. The van der Waals surface area contributed by atoms with Crippen molar-refractivity contribution in [1.29, 1.82) is 0 Å². The van der Waals surface area contributed by atoms with Crippen LogP contribution in [0.5, 0.6) is 5.88 Å². The van der Waals surface area contributed by atoms with E-state index in [0.717, 1.165) is 19.5 Å². The van der Waals surface area contributed by atoms with Gasteiger partial charge in [0.2, 0.25) is 5.88 Å². The zero-order valence-corrected chi connectivity index (χ0v) is 11.8. The Hall–Kier alpha value is -1.62. The molecular formula is C14H21N3O2. The smallest absolute Gasteiger partial charge is 0.259 e. The van der Waals surface area contributed by atoms with Crippen LogP contribution in [-0.4, -0.2) is 60.5 Å². The number of carbonyl (C=O) groups excluding carboxylic acids is 1. The van der Waals surface area contributed by atoms with Crippen LogP contribution < -0.4 is 4.74 Å². The molecule has 0 saturated carbocycles. The van der Waals surface area contributed by atoms with E-state index in [1.165, 1.54) is 0 Å². The Bertz CT molecular complexity index is 450. The Labute approximate surface area is 114 Å². The van der Waals surface area contributed by atoms with Crippen LogP contribution in [0.1, 0.15) is 23.7 Å². The zero-order chi connectivity index (χ0) is 13.8. The molecule has 5 nitrogen and oxygen atoms in total. The van der Waals surface area contributed by atoms with Crippen LogP contribution in [0.4, 0.5) is 0 Å². The normalized spacial score (nSPS) is 19.1. The summed E-state index contributed by atoms with van der Waals surface area (Å²) in [5, 5.41) is 0. The van der Waals surface area contributed by atoms with Gasteiger partial charge in [0.25, 0.3) is 5.91 Å². The third kappa shape index (κ3) is 3.23. The lowest BCUT2D eigenvalue weighted by atomic mass is 10.2. The van der Waals surface area contributed by atoms with Crippen molar-refractivity contribution in [2.75, 3.05) is 33.7 Å². The maximum absolute atomic E-state index is 12.2. The maximum atomic E-state index is 12.2. The summed E-state index contributed by atoms with van der Waals surface area (Å²) in [7, 11) is 3.89. The lowest BCUT2D eigenvalue weighted by molar-refractivity contribution is 0.0747. The van der Waals surface area contributed by atoms with Crippen molar-refractivity contribution in [1.82, 2.24) is 14.8 Å². The van der Waals surface area contributed by atoms with Crippen molar-refractivity contribution >= 4 is 5.91 Å². The van der Waals surface area contributed by atoms with E-state index in [4.69, 9.17) is 4.74 Å². The first kappa shape index (κ1) is 13.8. The number of likely N-dealkylation sites (N-methyl/N-ethyl adjacent to an activating group) is 1. The van der Waals surface area contributed by atoms with Gasteiger partial charge in [-0.15, -0.1) is 0 Å². The molecule has 2 heterocycles. The molecule has 2 rings (SSSR count). The second-order valence-electron chi connectivity index (χ2n) is 4.97. The van der Waals surface area contributed by atoms with Crippen LogP contribution >= 0.6 is 0 Å². The van der Waals surface area contributed by atoms with E-state index >= 15 is 0 Å². The predicted molar refractivity (Wildman–Crippen MR) is 73.4 cm³/mol. The Kier molecular flexibility index (Phi) is 4.37. The van der Waals surface area contributed by atoms with Gasteiger partial charge in [-0.3, -0.25) is 4.79 Å². The minimum atomic E-state index is -0.0190. The lowest BCUT2D eigenvalue weighted by Gasteiger charge is -2.22. The summed E-state index contributed by atoms with van der Waals surface area (Å²) < 4.78 is 5.89. The second kappa shape index (κ2) is 6.02. The average molecular weight is 263 g/mol. The number of amides is 1. The monoisotopic (exact) mass is 263 g/mol. The Morgan fingerprint density at radius 2 is 2.37 bits per heavy atom. The number of hydrogen-bond donors (Lipinski definition) is 0. The Balaban J connectivity index is 2.11. The first-order valence-corrected chi connectivity index (χ1v) is 6.67. The third-order valence-electron chi connectivity index (χ3n) is 3.48. The molecule has 0 bridgehead atoms. The van der Waals surface area contributed by atoms with E-state index in [1.54, 1.807) is 23.2 Å². The van der Waals surface area contributed by atoms with Crippen molar-refractivity contribution in [2.24, 2.45) is 0 Å². The standard InChI is InChI=1S/C14H21N3O2/c1-4-16(2)9-7-11-10-17(3)14(18)12-6-5-8-15-13(12)19-11/h5-6,8,11H,4,7,9-10H2,1-3H3. The van der Waals surface area contributed by atoms with Crippen LogP contribution in [0, 0.1) is 0 Å². The number of nitrogens with zero attached hydrogens (tertiary/aromatic N) is 3. The quantitative estimate of drug-likeness (QED) is 0.820. The molecule has 0 spiro atoms. The molecule has 1 aromatic heterocycles. The topological polar surface area (TPSA) is 45.7 Å². The summed E-state index contributed by atoms with van der Waals surface area (Å²) in [6.45, 7) is 4.69. The summed E-state index contributed by atoms with van der Waals surface area (Å²) in [5.41, 5.74) is 0.552. The van der Waals surface area contributed by atoms with Crippen LogP contribution in [0.25, 0.3) is 0 Å². The highest BCUT2D eigenvalue weighted by atomic mass is 16.5. The number of aromatic nitrogens is 1. The van der Waals surface area contributed by atoms with Crippen LogP contribution in [0.3, 0.4) is 0 Å². The largest absolute Gasteiger partial charge is 0.472 e. The molecule has 1 aliphatic heterocycles. The predicted octanol–water partition coefficient (Wildman–Crippen LogP) is 1.26. The highest BCUT2D eigenvalue weighted by molar-refractivity contribution is 5.96. The molecular weight excluding hydrogens is 242 g/mol. The van der Waals surface area contributed by atoms with E-state index in [2.05, 4.69) is 23.9 Å². The van der Waals surface area contributed by atoms with Crippen molar-refractivity contribution in [2.45, 2.75) is 19.4 Å². The molecule has 5 heteroatoms. The maximum Gasteiger partial charge on any atom is 0.259 e. The van der Waals surface area contributed by atoms with Crippen molar-refractivity contribution in [3.8, 4) is 5.88 Å². The van der Waals surface area contributed by atoms with Crippen LogP contribution in [0.15, 0.2) is 18.3 Å². The number of carbonyl (C=O) groups is 1. The molecule has 0 N–H and O–H groups in total. The highest BCUT2D eigenvalue weighted by Gasteiger charge is 2.27. The van der Waals surface area contributed by atoms with Crippen molar-refractivity contribution < 1.29 is 9.53 Å². The fourth-order valence-electron chi connectivity index (χ4n) is 2.11. The average Bonchev–Trinajstić information content (AvgIpc) is 2.54. The molecule has 0 saturated heterocycles. The Morgan fingerprint density at radius 1 is 1.58 bits per heavy atom. The molecule has 0 radical (unpaired) electrons. The number of hydrogen-bond acceptors (Lipinski definition) is 4. The minimum Gasteiger partial charge on any atom is -0.472 e. The van der Waals surface area contributed by atoms with E-state index in [9.17, 15) is 4.79 Å². The summed E-state index contributed by atoms with van der Waals surface area (Å²) in [6.07, 6.45) is 2.55. The van der Waals surface area contributed by atoms with E-state index in [-0.39, 0.29) is 12.0 Å². The van der Waals surface area contributed by atoms with E-state index in [0.29, 0.717) is 18.0 Å². The molecule has 1 amide bonds. The zero-order valence-electron chi connectivity index (χ0n) is 11.8. The van der Waals surface area contributed by atoms with Gasteiger partial charge in [-0.25, -0.2) is 4.98 Å². The molecule has 0 aliphatic carbocycles. The molecule has 104 valence electrons. The van der Waals surface area contributed by atoms with Gasteiger partial charge in [0.15, 0.2) is 0 Å². The van der Waals surface area contributed by atoms with E-state index in [1.807, 2.05) is 7.05 Å². The minimum absolute atomic E-state index is 0.000833. The van der Waals surface area contributed by atoms with Gasteiger partial charge >= 0.3 is 0 Å². The molecule has 0 aromatic carbocycles. The second-order valence-corrected chi connectivity index (χ2v) is 4.97. The summed E-state index contributed by atoms with van der Waals surface area (Å²) in [6, 6.07) is 3.53. The fraction of sp³-hybridized carbons (Fsp3) is 0.571. The van der Waals surface area contributed by atoms with Gasteiger partial charge in [-0.2, -0.15) is 0 Å². The highest BCUT2D eigenvalue weighted by Crippen LogP contribution is 2.22. The first-order chi connectivity index (χ1) is 9.11. The number of pyridine rings is 1. The van der Waals surface area contributed by atoms with E-state index < -0.39 is 0 Å². The van der Waals surface area contributed by atoms with Crippen LogP contribution in [0.2, 0.25) is 0 Å². The van der Waals surface area contributed by atoms with Gasteiger partial charge in [0.05, 0.1) is 6.54 Å². The number of ether oxygens (including phenoxy) is 1. The molecule has 19 heavy (non-hydrogen) atoms. The summed E-state index contributed by atoms with van der Waals surface area (Å²) in [4.78, 5) is 20.3. The fourth-order valence-corrected chi connectivity index (χ4v) is 2.11. The molecule has 1 unspecified atom stereocenters. The molecule has 1 aromatic rings. The van der Waals surface area contributed by atoms with Crippen LogP contribution in [-0.2, 0) is 0 Å². The first-order valence-electron chi connectivity index (χ1n) is 6.67. The van der Waals surface area contributed by atoms with Crippen molar-refractivity contribution in [3.05, 3.63) is 23.9 Å². The number of fused-ring (bicyclic) bond motifs is 1. The van der Waals surface area contributed by atoms with Gasteiger partial charge in [-0.1, -0.05) is 6.92 Å². The summed E-state index contributed by atoms with van der Waals surface area (Å²) >= 11 is 0. The molecule has 0 fully saturated rings. The van der Waals surface area contributed by atoms with Gasteiger partial charge in [-0.05, 0) is 32.1 Å². The summed E-state index contributed by atoms with van der Waals surface area (Å²) in [5.74, 6) is 0.440. The van der Waals surface area contributed by atoms with Gasteiger partial charge in [0.1, 0.15) is 11.7 Å². The Morgan fingerprint density at radius 3 is 3.11 bits per heavy atom. The molecule has 1 aliphatic rings. The molecule has 1 atom stereocenters. The van der Waals surface area contributed by atoms with Gasteiger partial charge < -0.3 is 14.5 Å². The SMILES string of the molecule is CCN(C)CCC1CN(C)C(=O)c2cccnc2O1. The third-order valence-corrected chi connectivity index (χ3v) is 3.48. The van der Waals surface area contributed by atoms with Crippen molar-refractivity contribution in [3.63, 3.8) is 0 Å². The van der Waals surface area contributed by atoms with Gasteiger partial charge in [0, 0.05) is 19.8 Å².